The van der Waals surface area contributed by atoms with Crippen LogP contribution in [0.25, 0.3) is 0 Å². The van der Waals surface area contributed by atoms with Crippen LogP contribution >= 0.6 is 22.9 Å². The van der Waals surface area contributed by atoms with E-state index in [9.17, 15) is 22.8 Å². The Bertz CT molecular complexity index is 892. The maximum absolute atomic E-state index is 12.1. The molecular formula is C19H28ClN3O7S2. The Morgan fingerprint density at radius 3 is 2.19 bits per heavy atom. The van der Waals surface area contributed by atoms with E-state index in [1.165, 1.54) is 11.3 Å². The second kappa shape index (κ2) is 13.5. The lowest BCUT2D eigenvalue weighted by molar-refractivity contribution is -0.134. The van der Waals surface area contributed by atoms with Crippen LogP contribution in [0.15, 0.2) is 24.3 Å². The van der Waals surface area contributed by atoms with Gasteiger partial charge in [0.15, 0.2) is 0 Å². The highest BCUT2D eigenvalue weighted by atomic mass is 35.5. The Balaban J connectivity index is 0.000000547. The van der Waals surface area contributed by atoms with Gasteiger partial charge in [-0.2, -0.15) is 0 Å². The molecule has 180 valence electrons. The second-order valence-corrected chi connectivity index (χ2v) is 10.8. The smallest absolute Gasteiger partial charge is 0.328 e. The SMILES string of the molecule is CC(C)N1CCC(NS(=O)(=O)CCNC(=O)c2ccc(Cl)s2)CC1.O=C(O)/C=C/C(=O)O. The number of halogens is 1. The molecule has 0 unspecified atom stereocenters. The predicted octanol–water partition coefficient (Wildman–Crippen LogP) is 1.64. The predicted molar refractivity (Wildman–Crippen MR) is 123 cm³/mol. The molecule has 0 radical (unpaired) electrons. The summed E-state index contributed by atoms with van der Waals surface area (Å²) in [6.45, 7) is 6.18. The average molecular weight is 510 g/mol. The molecule has 4 N–H and O–H groups in total. The quantitative estimate of drug-likeness (QED) is 0.366. The van der Waals surface area contributed by atoms with Gasteiger partial charge in [-0.15, -0.1) is 11.3 Å². The highest BCUT2D eigenvalue weighted by molar-refractivity contribution is 7.89. The molecule has 0 spiro atoms. The first-order chi connectivity index (χ1) is 14.9. The lowest BCUT2D eigenvalue weighted by atomic mass is 10.1. The molecule has 1 aromatic heterocycles. The minimum Gasteiger partial charge on any atom is -0.478 e. The van der Waals surface area contributed by atoms with Gasteiger partial charge in [-0.3, -0.25) is 4.79 Å². The van der Waals surface area contributed by atoms with E-state index >= 15 is 0 Å². The molecule has 0 atom stereocenters. The highest BCUT2D eigenvalue weighted by Crippen LogP contribution is 2.21. The van der Waals surface area contributed by atoms with Gasteiger partial charge in [-0.05, 0) is 51.9 Å². The molecule has 1 amide bonds. The normalized spacial score (nSPS) is 15.4. The number of carbonyl (C=O) groups is 3. The van der Waals surface area contributed by atoms with Crippen molar-refractivity contribution in [3.05, 3.63) is 33.5 Å². The summed E-state index contributed by atoms with van der Waals surface area (Å²) < 4.78 is 27.6. The van der Waals surface area contributed by atoms with E-state index in [1.807, 2.05) is 0 Å². The number of amides is 1. The molecule has 1 aliphatic rings. The summed E-state index contributed by atoms with van der Waals surface area (Å²) in [7, 11) is -3.40. The zero-order chi connectivity index (χ0) is 24.3. The van der Waals surface area contributed by atoms with Crippen molar-refractivity contribution in [1.29, 1.82) is 0 Å². The van der Waals surface area contributed by atoms with E-state index < -0.39 is 22.0 Å². The van der Waals surface area contributed by atoms with Crippen molar-refractivity contribution in [2.24, 2.45) is 0 Å². The lowest BCUT2D eigenvalue weighted by Crippen LogP contribution is -2.47. The molecule has 1 fully saturated rings. The van der Waals surface area contributed by atoms with Gasteiger partial charge in [0.25, 0.3) is 5.91 Å². The first-order valence-electron chi connectivity index (χ1n) is 9.81. The zero-order valence-electron chi connectivity index (χ0n) is 17.8. The van der Waals surface area contributed by atoms with E-state index in [0.29, 0.717) is 27.4 Å². The number of carboxylic acid groups (broad SMARTS) is 2. The summed E-state index contributed by atoms with van der Waals surface area (Å²) >= 11 is 6.95. The van der Waals surface area contributed by atoms with Crippen LogP contribution in [0, 0.1) is 0 Å². The number of nitrogens with one attached hydrogen (secondary N) is 2. The van der Waals surface area contributed by atoms with Crippen LogP contribution in [-0.4, -0.2) is 78.8 Å². The summed E-state index contributed by atoms with van der Waals surface area (Å²) in [5.74, 6) is -2.94. The van der Waals surface area contributed by atoms with Crippen molar-refractivity contribution in [3.8, 4) is 0 Å². The number of rotatable bonds is 9. The minimum absolute atomic E-state index is 0.0168. The van der Waals surface area contributed by atoms with Crippen LogP contribution < -0.4 is 10.0 Å². The van der Waals surface area contributed by atoms with Gasteiger partial charge >= 0.3 is 11.9 Å². The van der Waals surface area contributed by atoms with Crippen molar-refractivity contribution in [1.82, 2.24) is 14.9 Å². The van der Waals surface area contributed by atoms with Crippen LogP contribution in [-0.2, 0) is 19.6 Å². The molecule has 0 bridgehead atoms. The second-order valence-electron chi connectivity index (χ2n) is 7.21. The third-order valence-corrected chi connectivity index (χ3v) is 7.09. The zero-order valence-corrected chi connectivity index (χ0v) is 20.2. The molecule has 1 aliphatic heterocycles. The molecule has 1 aromatic rings. The van der Waals surface area contributed by atoms with Gasteiger partial charge in [-0.25, -0.2) is 22.7 Å². The lowest BCUT2D eigenvalue weighted by Gasteiger charge is -2.34. The molecule has 10 nitrogen and oxygen atoms in total. The minimum atomic E-state index is -3.40. The van der Waals surface area contributed by atoms with Crippen molar-refractivity contribution in [2.45, 2.75) is 38.8 Å². The molecule has 0 saturated carbocycles. The van der Waals surface area contributed by atoms with Crippen molar-refractivity contribution in [3.63, 3.8) is 0 Å². The highest BCUT2D eigenvalue weighted by Gasteiger charge is 2.24. The van der Waals surface area contributed by atoms with Gasteiger partial charge in [0.05, 0.1) is 15.0 Å². The Labute approximate surface area is 196 Å². The fourth-order valence-corrected chi connectivity index (χ4v) is 5.00. The molecule has 2 heterocycles. The molecule has 1 saturated heterocycles. The largest absolute Gasteiger partial charge is 0.478 e. The molecule has 32 heavy (non-hydrogen) atoms. The monoisotopic (exact) mass is 509 g/mol. The van der Waals surface area contributed by atoms with Crippen LogP contribution in [0.4, 0.5) is 0 Å². The number of hydrogen-bond acceptors (Lipinski definition) is 7. The topological polar surface area (TPSA) is 153 Å². The molecule has 2 rings (SSSR count). The Morgan fingerprint density at radius 1 is 1.19 bits per heavy atom. The van der Waals surface area contributed by atoms with Crippen molar-refractivity contribution < 1.29 is 33.0 Å². The number of nitrogens with zero attached hydrogens (tertiary/aromatic N) is 1. The summed E-state index contributed by atoms with van der Waals surface area (Å²) in [5.41, 5.74) is 0. The number of aliphatic carboxylic acids is 2. The third-order valence-electron chi connectivity index (χ3n) is 4.43. The number of carbonyl (C=O) groups excluding carboxylic acids is 1. The van der Waals surface area contributed by atoms with E-state index in [2.05, 4.69) is 28.8 Å². The first-order valence-corrected chi connectivity index (χ1v) is 12.7. The van der Waals surface area contributed by atoms with E-state index in [-0.39, 0.29) is 24.2 Å². The van der Waals surface area contributed by atoms with Gasteiger partial charge in [-0.1, -0.05) is 11.6 Å². The summed E-state index contributed by atoms with van der Waals surface area (Å²) in [5, 5.41) is 18.2. The summed E-state index contributed by atoms with van der Waals surface area (Å²) in [6, 6.07) is 3.74. The Kier molecular flexibility index (Phi) is 11.9. The van der Waals surface area contributed by atoms with Crippen molar-refractivity contribution in [2.75, 3.05) is 25.4 Å². The average Bonchev–Trinajstić information content (AvgIpc) is 3.13. The van der Waals surface area contributed by atoms with Gasteiger partial charge in [0.1, 0.15) is 0 Å². The Morgan fingerprint density at radius 2 is 1.75 bits per heavy atom. The third kappa shape index (κ3) is 11.6. The number of hydrogen-bond donors (Lipinski definition) is 4. The maximum atomic E-state index is 12.1. The van der Waals surface area contributed by atoms with E-state index in [4.69, 9.17) is 21.8 Å². The molecule has 0 aromatic carbocycles. The molecular weight excluding hydrogens is 482 g/mol. The summed E-state index contributed by atoms with van der Waals surface area (Å²) in [4.78, 5) is 33.8. The first kappa shape index (κ1) is 28.0. The van der Waals surface area contributed by atoms with E-state index in [1.54, 1.807) is 12.1 Å². The number of piperidine rings is 1. The van der Waals surface area contributed by atoms with Crippen LogP contribution in [0.1, 0.15) is 36.4 Å². The Hall–Kier alpha value is -1.99. The van der Waals surface area contributed by atoms with Gasteiger partial charge in [0, 0.05) is 30.8 Å². The van der Waals surface area contributed by atoms with E-state index in [0.717, 1.165) is 25.9 Å². The van der Waals surface area contributed by atoms with Crippen LogP contribution in [0.2, 0.25) is 4.34 Å². The molecule has 0 aliphatic carbocycles. The van der Waals surface area contributed by atoms with Crippen molar-refractivity contribution >= 4 is 50.8 Å². The van der Waals surface area contributed by atoms with Crippen LogP contribution in [0.5, 0.6) is 0 Å². The number of likely N-dealkylation sites (tertiary alicyclic amines) is 1. The fraction of sp³-hybridized carbons (Fsp3) is 0.526. The standard InChI is InChI=1S/C15H24ClN3O3S2.C4H4O4/c1-11(2)19-8-5-12(6-9-19)18-24(21,22)10-7-17-15(20)13-3-4-14(16)23-13;5-3(6)1-2-4(7)8/h3-4,11-12,18H,5-10H2,1-2H3,(H,17,20);1-2H,(H,5,6)(H,7,8)/b;2-1+. The number of thiophene rings is 1. The maximum Gasteiger partial charge on any atom is 0.328 e. The summed E-state index contributed by atoms with van der Waals surface area (Å²) in [6.07, 6.45) is 2.75. The fourth-order valence-electron chi connectivity index (χ4n) is 2.81. The number of carboxylic acids is 2. The van der Waals surface area contributed by atoms with Gasteiger partial charge < -0.3 is 20.4 Å². The van der Waals surface area contributed by atoms with Crippen LogP contribution in [0.3, 0.4) is 0 Å². The number of sulfonamides is 1. The van der Waals surface area contributed by atoms with Gasteiger partial charge in [0.2, 0.25) is 10.0 Å². The molecule has 13 heteroatoms.